The van der Waals surface area contributed by atoms with Gasteiger partial charge in [-0.2, -0.15) is 0 Å². The van der Waals surface area contributed by atoms with Gasteiger partial charge in [0, 0.05) is 18.1 Å². The number of ketones is 1. The summed E-state index contributed by atoms with van der Waals surface area (Å²) in [7, 11) is 0. The number of Topliss-reactive ketones (excluding diaryl/α,β-unsaturated/α-hetero) is 1. The van der Waals surface area contributed by atoms with E-state index in [9.17, 15) is 14.7 Å². The molecule has 6 nitrogen and oxygen atoms in total. The van der Waals surface area contributed by atoms with Gasteiger partial charge < -0.3 is 19.3 Å². The van der Waals surface area contributed by atoms with E-state index >= 15 is 0 Å². The molecule has 1 amide bonds. The summed E-state index contributed by atoms with van der Waals surface area (Å²) in [5.74, 6) is -1.47. The molecule has 1 fully saturated rings. The largest absolute Gasteiger partial charge is 0.503 e. The Morgan fingerprint density at radius 2 is 1.96 bits per heavy atom. The van der Waals surface area contributed by atoms with Crippen molar-refractivity contribution < 1.29 is 19.1 Å². The van der Waals surface area contributed by atoms with E-state index in [0.717, 1.165) is 25.9 Å². The van der Waals surface area contributed by atoms with Gasteiger partial charge >= 0.3 is 0 Å². The number of amides is 1. The van der Waals surface area contributed by atoms with Gasteiger partial charge in [0.2, 0.25) is 5.78 Å². The van der Waals surface area contributed by atoms with Gasteiger partial charge in [0.15, 0.2) is 11.5 Å². The molecule has 1 unspecified atom stereocenters. The number of carbonyl (C=O) groups excluding carboxylic acids is 2. The maximum atomic E-state index is 13.0. The second-order valence-corrected chi connectivity index (χ2v) is 7.51. The molecule has 2 aliphatic heterocycles. The van der Waals surface area contributed by atoms with E-state index in [1.54, 1.807) is 35.2 Å². The molecule has 1 atom stereocenters. The van der Waals surface area contributed by atoms with E-state index in [1.165, 1.54) is 12.3 Å². The maximum Gasteiger partial charge on any atom is 0.290 e. The molecule has 4 rings (SSSR count). The number of aliphatic hydroxyl groups excluding tert-OH is 1. The first-order valence-electron chi connectivity index (χ1n) is 9.36. The minimum absolute atomic E-state index is 0.0311. The summed E-state index contributed by atoms with van der Waals surface area (Å²) in [6.07, 6.45) is 3.69. The highest BCUT2D eigenvalue weighted by molar-refractivity contribution is 6.30. The van der Waals surface area contributed by atoms with Crippen LogP contribution in [0.5, 0.6) is 0 Å². The van der Waals surface area contributed by atoms with Gasteiger partial charge in [-0.15, -0.1) is 0 Å². The number of furan rings is 1. The van der Waals surface area contributed by atoms with Gasteiger partial charge in [0.25, 0.3) is 5.91 Å². The summed E-state index contributed by atoms with van der Waals surface area (Å²) in [6.45, 7) is 3.11. The molecule has 0 spiro atoms. The van der Waals surface area contributed by atoms with Gasteiger partial charge in [0.05, 0.1) is 17.9 Å². The van der Waals surface area contributed by atoms with E-state index in [1.807, 2.05) is 0 Å². The van der Waals surface area contributed by atoms with Crippen LogP contribution >= 0.6 is 11.6 Å². The predicted octanol–water partition coefficient (Wildman–Crippen LogP) is 3.61. The minimum atomic E-state index is -0.702. The van der Waals surface area contributed by atoms with Crippen LogP contribution in [0.15, 0.2) is 58.4 Å². The fraction of sp³-hybridized carbons (Fsp3) is 0.333. The molecular formula is C21H21ClN2O4. The van der Waals surface area contributed by atoms with Crippen molar-refractivity contribution in [1.82, 2.24) is 9.80 Å². The molecule has 2 aromatic rings. The molecule has 146 valence electrons. The van der Waals surface area contributed by atoms with Crippen LogP contribution in [0.1, 0.15) is 35.0 Å². The Kier molecular flexibility index (Phi) is 5.24. The third-order valence-electron chi connectivity index (χ3n) is 5.31. The molecule has 7 heteroatoms. The van der Waals surface area contributed by atoms with Gasteiger partial charge in [-0.25, -0.2) is 0 Å². The molecule has 3 heterocycles. The second kappa shape index (κ2) is 7.81. The van der Waals surface area contributed by atoms with Crippen molar-refractivity contribution in [3.05, 3.63) is 70.3 Å². The van der Waals surface area contributed by atoms with Crippen LogP contribution in [0.3, 0.4) is 0 Å². The maximum absolute atomic E-state index is 13.0. The topological polar surface area (TPSA) is 74.0 Å². The molecule has 1 N–H and O–H groups in total. The van der Waals surface area contributed by atoms with Gasteiger partial charge in [-0.1, -0.05) is 23.7 Å². The number of aliphatic hydroxyl groups is 1. The number of hydrogen-bond donors (Lipinski definition) is 1. The Labute approximate surface area is 168 Å². The average molecular weight is 401 g/mol. The molecular weight excluding hydrogens is 380 g/mol. The van der Waals surface area contributed by atoms with Crippen LogP contribution in [0.2, 0.25) is 5.02 Å². The van der Waals surface area contributed by atoms with E-state index in [-0.39, 0.29) is 11.3 Å². The molecule has 1 aromatic carbocycles. The third kappa shape index (κ3) is 3.45. The normalized spacial score (nSPS) is 20.4. The summed E-state index contributed by atoms with van der Waals surface area (Å²) in [5, 5.41) is 11.1. The first kappa shape index (κ1) is 18.8. The SMILES string of the molecule is O=C(C1=C(O)C(=O)N(CCN2CCCC2)C1c1cccc(Cl)c1)c1ccco1. The van der Waals surface area contributed by atoms with Crippen molar-refractivity contribution in [2.45, 2.75) is 18.9 Å². The predicted molar refractivity (Wildman–Crippen MR) is 104 cm³/mol. The number of likely N-dealkylation sites (tertiary alicyclic amines) is 1. The first-order valence-corrected chi connectivity index (χ1v) is 9.74. The molecule has 0 aliphatic carbocycles. The quantitative estimate of drug-likeness (QED) is 0.750. The van der Waals surface area contributed by atoms with E-state index < -0.39 is 23.5 Å². The second-order valence-electron chi connectivity index (χ2n) is 7.07. The molecule has 0 saturated carbocycles. The monoisotopic (exact) mass is 400 g/mol. The highest BCUT2D eigenvalue weighted by atomic mass is 35.5. The van der Waals surface area contributed by atoms with E-state index in [0.29, 0.717) is 23.7 Å². The van der Waals surface area contributed by atoms with Crippen LogP contribution < -0.4 is 0 Å². The van der Waals surface area contributed by atoms with Gasteiger partial charge in [0.1, 0.15) is 0 Å². The minimum Gasteiger partial charge on any atom is -0.503 e. The molecule has 0 radical (unpaired) electrons. The standard InChI is InChI=1S/C21H21ClN2O4/c22-15-6-3-5-14(13-15)18-17(19(25)16-7-4-12-28-16)20(26)21(27)24(18)11-10-23-8-1-2-9-23/h3-7,12-13,18,26H,1-2,8-11H2. The Bertz CT molecular complexity index is 916. The molecule has 28 heavy (non-hydrogen) atoms. The summed E-state index contributed by atoms with van der Waals surface area (Å²) < 4.78 is 5.22. The van der Waals surface area contributed by atoms with Crippen LogP contribution in [-0.4, -0.2) is 52.8 Å². The van der Waals surface area contributed by atoms with Gasteiger partial charge in [-0.3, -0.25) is 9.59 Å². The lowest BCUT2D eigenvalue weighted by atomic mass is 9.95. The van der Waals surface area contributed by atoms with E-state index in [4.69, 9.17) is 16.0 Å². The van der Waals surface area contributed by atoms with Crippen molar-refractivity contribution >= 4 is 23.3 Å². The van der Waals surface area contributed by atoms with Crippen molar-refractivity contribution in [1.29, 1.82) is 0 Å². The van der Waals surface area contributed by atoms with Crippen LogP contribution in [-0.2, 0) is 4.79 Å². The fourth-order valence-corrected chi connectivity index (χ4v) is 4.13. The Morgan fingerprint density at radius 1 is 1.18 bits per heavy atom. The average Bonchev–Trinajstić information content (AvgIpc) is 3.43. The van der Waals surface area contributed by atoms with Gasteiger partial charge in [-0.05, 0) is 55.8 Å². The zero-order valence-electron chi connectivity index (χ0n) is 15.3. The number of carbonyl (C=O) groups is 2. The number of rotatable bonds is 6. The van der Waals surface area contributed by atoms with Crippen LogP contribution in [0.25, 0.3) is 0 Å². The Balaban J connectivity index is 1.70. The van der Waals surface area contributed by atoms with Crippen molar-refractivity contribution in [2.24, 2.45) is 0 Å². The molecule has 1 aromatic heterocycles. The highest BCUT2D eigenvalue weighted by Crippen LogP contribution is 2.39. The number of hydrogen-bond acceptors (Lipinski definition) is 5. The Morgan fingerprint density at radius 3 is 2.64 bits per heavy atom. The number of halogens is 1. The molecule has 1 saturated heterocycles. The summed E-state index contributed by atoms with van der Waals surface area (Å²) in [4.78, 5) is 29.7. The van der Waals surface area contributed by atoms with Crippen molar-refractivity contribution in [2.75, 3.05) is 26.2 Å². The third-order valence-corrected chi connectivity index (χ3v) is 5.55. The first-order chi connectivity index (χ1) is 13.6. The summed E-state index contributed by atoms with van der Waals surface area (Å²) in [6, 6.07) is 9.44. The lowest BCUT2D eigenvalue weighted by Crippen LogP contribution is -2.37. The molecule has 2 aliphatic rings. The summed E-state index contributed by atoms with van der Waals surface area (Å²) >= 11 is 6.16. The zero-order chi connectivity index (χ0) is 19.7. The highest BCUT2D eigenvalue weighted by Gasteiger charge is 2.44. The zero-order valence-corrected chi connectivity index (χ0v) is 16.1. The smallest absolute Gasteiger partial charge is 0.290 e. The Hall–Kier alpha value is -2.57. The number of benzene rings is 1. The lowest BCUT2D eigenvalue weighted by Gasteiger charge is -2.28. The van der Waals surface area contributed by atoms with Crippen molar-refractivity contribution in [3.63, 3.8) is 0 Å². The lowest BCUT2D eigenvalue weighted by molar-refractivity contribution is -0.129. The van der Waals surface area contributed by atoms with E-state index in [2.05, 4.69) is 4.90 Å². The van der Waals surface area contributed by atoms with Crippen LogP contribution in [0, 0.1) is 0 Å². The molecule has 0 bridgehead atoms. The fourth-order valence-electron chi connectivity index (χ4n) is 3.94. The summed E-state index contributed by atoms with van der Waals surface area (Å²) in [5.41, 5.74) is 0.713. The van der Waals surface area contributed by atoms with Crippen LogP contribution in [0.4, 0.5) is 0 Å². The number of nitrogens with zero attached hydrogens (tertiary/aromatic N) is 2. The van der Waals surface area contributed by atoms with Crippen molar-refractivity contribution in [3.8, 4) is 0 Å².